The van der Waals surface area contributed by atoms with E-state index in [9.17, 15) is 4.79 Å². The molecule has 2 aromatic rings. The minimum absolute atomic E-state index is 0.135. The van der Waals surface area contributed by atoms with Crippen molar-refractivity contribution in [2.75, 3.05) is 0 Å². The highest BCUT2D eigenvalue weighted by Gasteiger charge is 2.10. The summed E-state index contributed by atoms with van der Waals surface area (Å²) in [6.45, 7) is 4.79. The Hall–Kier alpha value is -1.80. The van der Waals surface area contributed by atoms with Crippen LogP contribution >= 0.6 is 11.6 Å². The van der Waals surface area contributed by atoms with Crippen LogP contribution in [0.15, 0.2) is 42.5 Å². The third-order valence-corrected chi connectivity index (χ3v) is 3.95. The van der Waals surface area contributed by atoms with E-state index in [1.165, 1.54) is 16.7 Å². The van der Waals surface area contributed by atoms with Gasteiger partial charge in [-0.3, -0.25) is 4.79 Å². The third-order valence-electron chi connectivity index (χ3n) is 3.62. The monoisotopic (exact) mass is 301 g/mol. The fourth-order valence-electron chi connectivity index (χ4n) is 2.32. The molecular formula is C18H20ClNO. The standard InChI is InChI=1S/C18H20ClNO/c1-3-13-9-10-14(4-2)15(11-13)12-20-18(21)16-7-5-6-8-17(16)19/h5-11H,3-4,12H2,1-2H3,(H,20,21). The van der Waals surface area contributed by atoms with E-state index in [-0.39, 0.29) is 5.91 Å². The highest BCUT2D eigenvalue weighted by Crippen LogP contribution is 2.16. The summed E-state index contributed by atoms with van der Waals surface area (Å²) in [6, 6.07) is 13.6. The summed E-state index contributed by atoms with van der Waals surface area (Å²) in [5.41, 5.74) is 4.25. The van der Waals surface area contributed by atoms with Gasteiger partial charge in [0.15, 0.2) is 0 Å². The van der Waals surface area contributed by atoms with Crippen molar-refractivity contribution in [2.45, 2.75) is 33.2 Å². The molecule has 0 aliphatic carbocycles. The van der Waals surface area contributed by atoms with Crippen LogP contribution in [0.5, 0.6) is 0 Å². The molecule has 3 heteroatoms. The zero-order valence-corrected chi connectivity index (χ0v) is 13.2. The summed E-state index contributed by atoms with van der Waals surface area (Å²) < 4.78 is 0. The second-order valence-corrected chi connectivity index (χ2v) is 5.38. The van der Waals surface area contributed by atoms with E-state index in [0.717, 1.165) is 12.8 Å². The van der Waals surface area contributed by atoms with Crippen LogP contribution in [0.4, 0.5) is 0 Å². The Morgan fingerprint density at radius 2 is 1.81 bits per heavy atom. The van der Waals surface area contributed by atoms with Crippen LogP contribution in [-0.4, -0.2) is 5.91 Å². The number of hydrogen-bond acceptors (Lipinski definition) is 1. The van der Waals surface area contributed by atoms with Gasteiger partial charge in [-0.15, -0.1) is 0 Å². The summed E-state index contributed by atoms with van der Waals surface area (Å²) in [5, 5.41) is 3.44. The molecule has 0 radical (unpaired) electrons. The molecule has 1 N–H and O–H groups in total. The third kappa shape index (κ3) is 3.85. The molecule has 0 spiro atoms. The number of carbonyl (C=O) groups is 1. The number of nitrogens with one attached hydrogen (secondary N) is 1. The largest absolute Gasteiger partial charge is 0.348 e. The van der Waals surface area contributed by atoms with E-state index in [2.05, 4.69) is 37.4 Å². The maximum Gasteiger partial charge on any atom is 0.253 e. The van der Waals surface area contributed by atoms with Crippen molar-refractivity contribution >= 4 is 17.5 Å². The topological polar surface area (TPSA) is 29.1 Å². The molecule has 21 heavy (non-hydrogen) atoms. The normalized spacial score (nSPS) is 10.4. The maximum absolute atomic E-state index is 12.2. The number of carbonyl (C=O) groups excluding carboxylic acids is 1. The summed E-state index contributed by atoms with van der Waals surface area (Å²) in [7, 11) is 0. The van der Waals surface area contributed by atoms with Crippen LogP contribution in [0.1, 0.15) is 40.9 Å². The first kappa shape index (κ1) is 15.6. The predicted octanol–water partition coefficient (Wildman–Crippen LogP) is 4.39. The molecule has 2 aromatic carbocycles. The number of amides is 1. The highest BCUT2D eigenvalue weighted by molar-refractivity contribution is 6.33. The van der Waals surface area contributed by atoms with Crippen molar-refractivity contribution in [3.05, 3.63) is 69.7 Å². The van der Waals surface area contributed by atoms with E-state index >= 15 is 0 Å². The molecule has 0 fully saturated rings. The Bertz CT molecular complexity index is 637. The van der Waals surface area contributed by atoms with Gasteiger partial charge in [0.2, 0.25) is 0 Å². The Kier molecular flexibility index (Phi) is 5.40. The molecule has 110 valence electrons. The number of aryl methyl sites for hydroxylation is 2. The Morgan fingerprint density at radius 1 is 1.05 bits per heavy atom. The molecule has 1 amide bonds. The van der Waals surface area contributed by atoms with Gasteiger partial charge in [0, 0.05) is 6.54 Å². The van der Waals surface area contributed by atoms with Gasteiger partial charge in [-0.2, -0.15) is 0 Å². The molecule has 2 nitrogen and oxygen atoms in total. The molecule has 0 bridgehead atoms. The van der Waals surface area contributed by atoms with Crippen LogP contribution < -0.4 is 5.32 Å². The predicted molar refractivity (Wildman–Crippen MR) is 87.8 cm³/mol. The van der Waals surface area contributed by atoms with Crippen molar-refractivity contribution in [1.29, 1.82) is 0 Å². The first-order chi connectivity index (χ1) is 10.2. The fourth-order valence-corrected chi connectivity index (χ4v) is 2.55. The van der Waals surface area contributed by atoms with Crippen molar-refractivity contribution in [2.24, 2.45) is 0 Å². The summed E-state index contributed by atoms with van der Waals surface area (Å²) in [4.78, 5) is 12.2. The number of rotatable bonds is 5. The van der Waals surface area contributed by atoms with Gasteiger partial charge in [0.05, 0.1) is 10.6 Å². The molecule has 0 aliphatic rings. The van der Waals surface area contributed by atoms with Crippen LogP contribution in [-0.2, 0) is 19.4 Å². The van der Waals surface area contributed by atoms with Crippen LogP contribution in [0.2, 0.25) is 5.02 Å². The van der Waals surface area contributed by atoms with Crippen molar-refractivity contribution in [1.82, 2.24) is 5.32 Å². The van der Waals surface area contributed by atoms with E-state index < -0.39 is 0 Å². The average Bonchev–Trinajstić information content (AvgIpc) is 2.52. The number of hydrogen-bond donors (Lipinski definition) is 1. The van der Waals surface area contributed by atoms with Crippen molar-refractivity contribution < 1.29 is 4.79 Å². The number of halogens is 1. The fraction of sp³-hybridized carbons (Fsp3) is 0.278. The summed E-state index contributed by atoms with van der Waals surface area (Å²) in [5.74, 6) is -0.135. The Balaban J connectivity index is 2.12. The van der Waals surface area contributed by atoms with E-state index in [1.807, 2.05) is 12.1 Å². The molecule has 0 unspecified atom stereocenters. The van der Waals surface area contributed by atoms with Crippen molar-refractivity contribution in [3.63, 3.8) is 0 Å². The minimum atomic E-state index is -0.135. The van der Waals surface area contributed by atoms with Gasteiger partial charge in [0.25, 0.3) is 5.91 Å². The van der Waals surface area contributed by atoms with Gasteiger partial charge < -0.3 is 5.32 Å². The Labute approximate surface area is 131 Å². The first-order valence-electron chi connectivity index (χ1n) is 7.29. The zero-order chi connectivity index (χ0) is 15.2. The summed E-state index contributed by atoms with van der Waals surface area (Å²) in [6.07, 6.45) is 1.96. The Morgan fingerprint density at radius 3 is 2.48 bits per heavy atom. The zero-order valence-electron chi connectivity index (χ0n) is 12.4. The molecule has 0 aromatic heterocycles. The molecule has 0 heterocycles. The maximum atomic E-state index is 12.2. The van der Waals surface area contributed by atoms with E-state index in [4.69, 9.17) is 11.6 Å². The lowest BCUT2D eigenvalue weighted by Crippen LogP contribution is -2.23. The van der Waals surface area contributed by atoms with Gasteiger partial charge in [-0.05, 0) is 41.7 Å². The SMILES string of the molecule is CCc1ccc(CC)c(CNC(=O)c2ccccc2Cl)c1. The summed E-state index contributed by atoms with van der Waals surface area (Å²) >= 11 is 6.05. The lowest BCUT2D eigenvalue weighted by Gasteiger charge is -2.12. The van der Waals surface area contributed by atoms with Crippen LogP contribution in [0.3, 0.4) is 0 Å². The van der Waals surface area contributed by atoms with Crippen LogP contribution in [0, 0.1) is 0 Å². The van der Waals surface area contributed by atoms with E-state index in [1.54, 1.807) is 12.1 Å². The minimum Gasteiger partial charge on any atom is -0.348 e. The molecule has 0 saturated carbocycles. The molecule has 0 aliphatic heterocycles. The van der Waals surface area contributed by atoms with E-state index in [0.29, 0.717) is 17.1 Å². The highest BCUT2D eigenvalue weighted by atomic mass is 35.5. The number of benzene rings is 2. The second-order valence-electron chi connectivity index (χ2n) is 4.97. The lowest BCUT2D eigenvalue weighted by molar-refractivity contribution is 0.0951. The van der Waals surface area contributed by atoms with Gasteiger partial charge in [0.1, 0.15) is 0 Å². The first-order valence-corrected chi connectivity index (χ1v) is 7.66. The van der Waals surface area contributed by atoms with Crippen LogP contribution in [0.25, 0.3) is 0 Å². The van der Waals surface area contributed by atoms with Gasteiger partial charge >= 0.3 is 0 Å². The lowest BCUT2D eigenvalue weighted by atomic mass is 10.0. The van der Waals surface area contributed by atoms with Gasteiger partial charge in [-0.1, -0.05) is 55.8 Å². The van der Waals surface area contributed by atoms with Gasteiger partial charge in [-0.25, -0.2) is 0 Å². The molecule has 0 saturated heterocycles. The molecular weight excluding hydrogens is 282 g/mol. The van der Waals surface area contributed by atoms with Crippen molar-refractivity contribution in [3.8, 4) is 0 Å². The molecule has 2 rings (SSSR count). The average molecular weight is 302 g/mol. The molecule has 0 atom stereocenters. The second kappa shape index (κ2) is 7.28. The quantitative estimate of drug-likeness (QED) is 0.871. The smallest absolute Gasteiger partial charge is 0.253 e.